The van der Waals surface area contributed by atoms with Crippen molar-refractivity contribution < 1.29 is 9.53 Å². The van der Waals surface area contributed by atoms with E-state index in [9.17, 15) is 4.79 Å². The molecule has 1 saturated heterocycles. The van der Waals surface area contributed by atoms with Gasteiger partial charge in [-0.05, 0) is 51.5 Å². The Morgan fingerprint density at radius 2 is 1.94 bits per heavy atom. The van der Waals surface area contributed by atoms with Gasteiger partial charge in [-0.25, -0.2) is 0 Å². The fourth-order valence-electron chi connectivity index (χ4n) is 3.05. The Kier molecular flexibility index (Phi) is 4.43. The van der Waals surface area contributed by atoms with Gasteiger partial charge in [-0.2, -0.15) is 0 Å². The molecule has 2 aliphatic rings. The third-order valence-corrected chi connectivity index (χ3v) is 4.26. The van der Waals surface area contributed by atoms with E-state index in [2.05, 4.69) is 19.2 Å². The van der Waals surface area contributed by atoms with Crippen molar-refractivity contribution in [2.45, 2.75) is 64.5 Å². The minimum atomic E-state index is 0.0529. The average Bonchev–Trinajstić information content (AvgIpc) is 2.32. The summed E-state index contributed by atoms with van der Waals surface area (Å²) < 4.78 is 5.72. The van der Waals surface area contributed by atoms with Crippen LogP contribution in [0.3, 0.4) is 0 Å². The summed E-state index contributed by atoms with van der Waals surface area (Å²) >= 11 is 0. The van der Waals surface area contributed by atoms with Gasteiger partial charge in [-0.1, -0.05) is 13.3 Å². The predicted molar refractivity (Wildman–Crippen MR) is 67.7 cm³/mol. The minimum absolute atomic E-state index is 0.0529. The van der Waals surface area contributed by atoms with E-state index in [1.165, 1.54) is 19.3 Å². The smallest absolute Gasteiger partial charge is 0.309 e. The molecule has 0 aromatic carbocycles. The summed E-state index contributed by atoms with van der Waals surface area (Å²) in [6.07, 6.45) is 6.82. The van der Waals surface area contributed by atoms with Crippen LogP contribution in [0.5, 0.6) is 0 Å². The van der Waals surface area contributed by atoms with Gasteiger partial charge in [-0.15, -0.1) is 0 Å². The summed E-state index contributed by atoms with van der Waals surface area (Å²) in [7, 11) is 0. The molecule has 1 aliphatic heterocycles. The van der Waals surface area contributed by atoms with Crippen LogP contribution in [0.2, 0.25) is 0 Å². The van der Waals surface area contributed by atoms with Crippen molar-refractivity contribution in [3.8, 4) is 0 Å². The van der Waals surface area contributed by atoms with Crippen LogP contribution in [-0.2, 0) is 9.53 Å². The van der Waals surface area contributed by atoms with Crippen molar-refractivity contribution >= 4 is 5.97 Å². The molecule has 3 nitrogen and oxygen atoms in total. The second kappa shape index (κ2) is 5.85. The second-order valence-corrected chi connectivity index (χ2v) is 5.81. The van der Waals surface area contributed by atoms with Crippen LogP contribution in [0.4, 0.5) is 0 Å². The fourth-order valence-corrected chi connectivity index (χ4v) is 3.05. The van der Waals surface area contributed by atoms with Crippen molar-refractivity contribution in [1.29, 1.82) is 0 Å². The number of esters is 1. The van der Waals surface area contributed by atoms with Gasteiger partial charge in [0.15, 0.2) is 0 Å². The van der Waals surface area contributed by atoms with Crippen LogP contribution in [0, 0.1) is 11.8 Å². The number of hydrogen-bond donors (Lipinski definition) is 1. The monoisotopic (exact) mass is 239 g/mol. The van der Waals surface area contributed by atoms with E-state index in [1.54, 1.807) is 0 Å². The molecule has 2 fully saturated rings. The summed E-state index contributed by atoms with van der Waals surface area (Å²) in [6.45, 7) is 5.30. The first-order valence-electron chi connectivity index (χ1n) is 7.10. The highest BCUT2D eigenvalue weighted by molar-refractivity contribution is 5.72. The molecule has 0 spiro atoms. The van der Waals surface area contributed by atoms with E-state index in [4.69, 9.17) is 4.74 Å². The summed E-state index contributed by atoms with van der Waals surface area (Å²) in [5, 5.41) is 3.37. The van der Waals surface area contributed by atoms with Gasteiger partial charge in [0.25, 0.3) is 0 Å². The van der Waals surface area contributed by atoms with Crippen molar-refractivity contribution in [2.24, 2.45) is 11.8 Å². The molecule has 4 atom stereocenters. The van der Waals surface area contributed by atoms with Crippen LogP contribution in [-0.4, -0.2) is 24.7 Å². The topological polar surface area (TPSA) is 38.3 Å². The standard InChI is InChI=1S/C14H25NO2/c1-10-5-3-4-6-13(10)17-14(16)12-7-8-15-11(2)9-12/h10-13,15H,3-9H2,1-2H3. The van der Waals surface area contributed by atoms with Crippen molar-refractivity contribution in [3.63, 3.8) is 0 Å². The van der Waals surface area contributed by atoms with Gasteiger partial charge < -0.3 is 10.1 Å². The molecule has 1 saturated carbocycles. The zero-order chi connectivity index (χ0) is 12.3. The molecule has 98 valence electrons. The van der Waals surface area contributed by atoms with Gasteiger partial charge in [0.1, 0.15) is 6.10 Å². The molecule has 2 rings (SSSR count). The molecule has 1 heterocycles. The largest absolute Gasteiger partial charge is 0.462 e. The number of hydrogen-bond acceptors (Lipinski definition) is 3. The van der Waals surface area contributed by atoms with E-state index >= 15 is 0 Å². The molecule has 17 heavy (non-hydrogen) atoms. The highest BCUT2D eigenvalue weighted by Gasteiger charge is 2.30. The van der Waals surface area contributed by atoms with Crippen LogP contribution in [0.1, 0.15) is 52.4 Å². The van der Waals surface area contributed by atoms with E-state index in [0.717, 1.165) is 25.8 Å². The Morgan fingerprint density at radius 1 is 1.18 bits per heavy atom. The van der Waals surface area contributed by atoms with Gasteiger partial charge >= 0.3 is 5.97 Å². The average molecular weight is 239 g/mol. The first kappa shape index (κ1) is 12.9. The number of nitrogens with one attached hydrogen (secondary N) is 1. The lowest BCUT2D eigenvalue weighted by molar-refractivity contribution is -0.159. The summed E-state index contributed by atoms with van der Waals surface area (Å²) in [6, 6.07) is 0.449. The zero-order valence-electron chi connectivity index (χ0n) is 11.1. The molecule has 3 heteroatoms. The highest BCUT2D eigenvalue weighted by Crippen LogP contribution is 2.28. The molecule has 1 N–H and O–H groups in total. The van der Waals surface area contributed by atoms with Crippen molar-refractivity contribution in [1.82, 2.24) is 5.32 Å². The van der Waals surface area contributed by atoms with Gasteiger partial charge in [0.05, 0.1) is 5.92 Å². The second-order valence-electron chi connectivity index (χ2n) is 5.81. The Hall–Kier alpha value is -0.570. The quantitative estimate of drug-likeness (QED) is 0.752. The van der Waals surface area contributed by atoms with E-state index in [1.807, 2.05) is 0 Å². The molecule has 1 aliphatic carbocycles. The van der Waals surface area contributed by atoms with Gasteiger partial charge in [0.2, 0.25) is 0 Å². The molecular formula is C14H25NO2. The number of ether oxygens (including phenoxy) is 1. The van der Waals surface area contributed by atoms with Crippen molar-refractivity contribution in [3.05, 3.63) is 0 Å². The molecular weight excluding hydrogens is 214 g/mol. The Morgan fingerprint density at radius 3 is 2.65 bits per heavy atom. The number of carbonyl (C=O) groups excluding carboxylic acids is 1. The molecule has 0 bridgehead atoms. The fraction of sp³-hybridized carbons (Fsp3) is 0.929. The normalized spacial score (nSPS) is 38.7. The number of rotatable bonds is 2. The van der Waals surface area contributed by atoms with Gasteiger partial charge in [0, 0.05) is 6.04 Å². The Bertz CT molecular complexity index is 267. The van der Waals surface area contributed by atoms with Crippen LogP contribution < -0.4 is 5.32 Å². The minimum Gasteiger partial charge on any atom is -0.462 e. The Balaban J connectivity index is 1.83. The Labute approximate surface area is 104 Å². The van der Waals surface area contributed by atoms with Crippen LogP contribution in [0.25, 0.3) is 0 Å². The SMILES string of the molecule is CC1CC(C(=O)OC2CCCCC2C)CCN1. The lowest BCUT2D eigenvalue weighted by atomic mass is 9.87. The summed E-state index contributed by atoms with van der Waals surface area (Å²) in [4.78, 5) is 12.1. The van der Waals surface area contributed by atoms with Gasteiger partial charge in [-0.3, -0.25) is 4.79 Å². The van der Waals surface area contributed by atoms with E-state index < -0.39 is 0 Å². The maximum absolute atomic E-state index is 12.1. The maximum Gasteiger partial charge on any atom is 0.309 e. The van der Waals surface area contributed by atoms with Crippen LogP contribution in [0.15, 0.2) is 0 Å². The lowest BCUT2D eigenvalue weighted by Crippen LogP contribution is -2.40. The first-order valence-corrected chi connectivity index (χ1v) is 7.10. The van der Waals surface area contributed by atoms with E-state index in [0.29, 0.717) is 12.0 Å². The molecule has 0 aromatic heterocycles. The third kappa shape index (κ3) is 3.44. The molecule has 0 amide bonds. The van der Waals surface area contributed by atoms with E-state index in [-0.39, 0.29) is 18.0 Å². The lowest BCUT2D eigenvalue weighted by Gasteiger charge is -2.32. The van der Waals surface area contributed by atoms with Crippen LogP contribution >= 0.6 is 0 Å². The first-order chi connectivity index (χ1) is 8.16. The zero-order valence-corrected chi connectivity index (χ0v) is 11.1. The molecule has 0 radical (unpaired) electrons. The maximum atomic E-state index is 12.1. The number of piperidine rings is 1. The van der Waals surface area contributed by atoms with Crippen molar-refractivity contribution in [2.75, 3.05) is 6.54 Å². The molecule has 0 aromatic rings. The molecule has 4 unspecified atom stereocenters. The summed E-state index contributed by atoms with van der Waals surface area (Å²) in [5.74, 6) is 0.726. The predicted octanol–water partition coefficient (Wildman–Crippen LogP) is 2.50. The summed E-state index contributed by atoms with van der Waals surface area (Å²) in [5.41, 5.74) is 0. The number of carbonyl (C=O) groups is 1. The third-order valence-electron chi connectivity index (χ3n) is 4.26. The highest BCUT2D eigenvalue weighted by atomic mass is 16.5.